The molecule has 1 fully saturated rings. The number of halogens is 2. The lowest BCUT2D eigenvalue weighted by atomic mass is 9.96. The third kappa shape index (κ3) is 5.29. The van der Waals surface area contributed by atoms with Gasteiger partial charge in [0.25, 0.3) is 11.8 Å². The van der Waals surface area contributed by atoms with Gasteiger partial charge in [-0.25, -0.2) is 4.39 Å². The van der Waals surface area contributed by atoms with E-state index in [1.807, 2.05) is 35.8 Å². The maximum absolute atomic E-state index is 15.3. The molecule has 2 aromatic heterocycles. The van der Waals surface area contributed by atoms with Gasteiger partial charge in [-0.05, 0) is 68.1 Å². The van der Waals surface area contributed by atoms with Crippen molar-refractivity contribution < 1.29 is 28.4 Å². The molecule has 3 aliphatic rings. The van der Waals surface area contributed by atoms with Crippen LogP contribution in [0.2, 0.25) is 5.02 Å². The third-order valence-electron chi connectivity index (χ3n) is 9.07. The highest BCUT2D eigenvalue weighted by atomic mass is 35.5. The summed E-state index contributed by atoms with van der Waals surface area (Å²) >= 11 is 7.84. The predicted octanol–water partition coefficient (Wildman–Crippen LogP) is 3.89. The monoisotopic (exact) mass is 689 g/mol. The first kappa shape index (κ1) is 31.8. The molecule has 15 heteroatoms. The molecule has 246 valence electrons. The molecule has 5 amide bonds. The molecule has 3 atom stereocenters. The van der Waals surface area contributed by atoms with E-state index in [1.165, 1.54) is 6.07 Å². The molecule has 3 N–H and O–H groups in total. The van der Waals surface area contributed by atoms with Crippen molar-refractivity contribution in [2.75, 3.05) is 0 Å². The lowest BCUT2D eigenvalue weighted by Crippen LogP contribution is -2.54. The largest absolute Gasteiger partial charge is 0.352 e. The van der Waals surface area contributed by atoms with Crippen LogP contribution in [0.4, 0.5) is 4.39 Å². The van der Waals surface area contributed by atoms with Crippen LogP contribution in [0.15, 0.2) is 36.4 Å². The van der Waals surface area contributed by atoms with Crippen LogP contribution in [-0.2, 0) is 20.9 Å². The topological polar surface area (TPSA) is 155 Å². The van der Waals surface area contributed by atoms with Crippen LogP contribution in [0.1, 0.15) is 90.8 Å². The smallest absolute Gasteiger partial charge is 0.265 e. The molecule has 0 spiro atoms. The number of piperidine rings is 1. The van der Waals surface area contributed by atoms with Gasteiger partial charge < -0.3 is 5.32 Å². The summed E-state index contributed by atoms with van der Waals surface area (Å²) in [7, 11) is 0. The first-order valence-corrected chi connectivity index (χ1v) is 16.5. The number of rotatable bonds is 6. The third-order valence-corrected chi connectivity index (χ3v) is 10.5. The van der Waals surface area contributed by atoms with Crippen LogP contribution in [0.3, 0.4) is 0 Å². The van der Waals surface area contributed by atoms with Crippen LogP contribution in [-0.4, -0.2) is 55.2 Å². The second kappa shape index (κ2) is 12.0. The molecule has 12 nitrogen and oxygen atoms in total. The Hall–Kier alpha value is -4.79. The quantitative estimate of drug-likeness (QED) is 0.258. The number of aryl methyl sites for hydroxylation is 2. The van der Waals surface area contributed by atoms with E-state index in [0.717, 1.165) is 32.6 Å². The normalized spacial score (nSPS) is 20.3. The Kier molecular flexibility index (Phi) is 7.96. The number of aromatic nitrogens is 3. The van der Waals surface area contributed by atoms with E-state index in [9.17, 15) is 24.0 Å². The molecule has 2 unspecified atom stereocenters. The first-order valence-electron chi connectivity index (χ1n) is 15.3. The van der Waals surface area contributed by atoms with Crippen molar-refractivity contribution >= 4 is 52.5 Å². The number of nitrogens with one attached hydrogen (secondary N) is 3. The second-order valence-corrected chi connectivity index (χ2v) is 13.7. The average Bonchev–Trinajstić information content (AvgIpc) is 3.61. The summed E-state index contributed by atoms with van der Waals surface area (Å²) in [6.45, 7) is 5.86. The van der Waals surface area contributed by atoms with Crippen molar-refractivity contribution in [3.05, 3.63) is 97.1 Å². The molecule has 1 saturated heterocycles. The van der Waals surface area contributed by atoms with E-state index in [1.54, 1.807) is 11.3 Å². The van der Waals surface area contributed by atoms with Crippen molar-refractivity contribution in [3.63, 3.8) is 0 Å². The zero-order valence-electron chi connectivity index (χ0n) is 26.0. The van der Waals surface area contributed by atoms with Crippen molar-refractivity contribution in [3.8, 4) is 5.00 Å². The highest BCUT2D eigenvalue weighted by Crippen LogP contribution is 2.43. The van der Waals surface area contributed by atoms with Gasteiger partial charge in [0, 0.05) is 34.8 Å². The van der Waals surface area contributed by atoms with Gasteiger partial charge in [-0.2, -0.15) is 0 Å². The minimum Gasteiger partial charge on any atom is -0.352 e. The summed E-state index contributed by atoms with van der Waals surface area (Å²) in [5, 5.41) is 18.9. The molecule has 2 aromatic carbocycles. The molecule has 0 aliphatic carbocycles. The standard InChI is InChI=1S/C33H29ClFN7O5S/c1-14-15(2)48-33-26(14)28(18-4-6-19(34)7-5-18)37-22(29-40-39-16(3)41(29)33)12-25(44)36-13-17-10-20-27(21(35)11-17)32(47)42(31(20)46)23-8-9-24(43)38-30(23)45/h4-7,10-11,22-23,28,37H,8-9,12-13H2,1-3H3,(H,36,44)(H,38,43,45)/t22?,23?,28-/m0/s1. The van der Waals surface area contributed by atoms with E-state index < -0.39 is 47.1 Å². The summed E-state index contributed by atoms with van der Waals surface area (Å²) in [6.07, 6.45) is -0.138. The van der Waals surface area contributed by atoms with Gasteiger partial charge in [0.15, 0.2) is 5.82 Å². The van der Waals surface area contributed by atoms with E-state index in [4.69, 9.17) is 11.6 Å². The van der Waals surface area contributed by atoms with E-state index in [0.29, 0.717) is 21.6 Å². The summed E-state index contributed by atoms with van der Waals surface area (Å²) < 4.78 is 17.3. The minimum atomic E-state index is -1.22. The number of carbonyl (C=O) groups excluding carboxylic acids is 5. The minimum absolute atomic E-state index is 0.0384. The van der Waals surface area contributed by atoms with Gasteiger partial charge in [0.05, 0.1) is 23.2 Å². The highest BCUT2D eigenvalue weighted by Gasteiger charge is 2.46. The molecule has 4 aromatic rings. The fraction of sp³-hybridized carbons (Fsp3) is 0.303. The van der Waals surface area contributed by atoms with Gasteiger partial charge in [-0.15, -0.1) is 21.5 Å². The van der Waals surface area contributed by atoms with E-state index in [2.05, 4.69) is 40.0 Å². The summed E-state index contributed by atoms with van der Waals surface area (Å²) in [5.74, 6) is -3.13. The van der Waals surface area contributed by atoms with Crippen molar-refractivity contribution in [1.29, 1.82) is 0 Å². The maximum Gasteiger partial charge on any atom is 0.265 e. The Morgan fingerprint density at radius 2 is 1.83 bits per heavy atom. The van der Waals surface area contributed by atoms with Crippen LogP contribution >= 0.6 is 22.9 Å². The highest BCUT2D eigenvalue weighted by molar-refractivity contribution is 7.14. The Labute approximate surface area is 282 Å². The number of benzene rings is 2. The number of nitrogens with zero attached hydrogens (tertiary/aromatic N) is 4. The van der Waals surface area contributed by atoms with E-state index >= 15 is 4.39 Å². The number of hydrogen-bond acceptors (Lipinski definition) is 9. The van der Waals surface area contributed by atoms with Crippen molar-refractivity contribution in [1.82, 2.24) is 35.6 Å². The molecular formula is C33H29ClFN7O5S. The molecular weight excluding hydrogens is 661 g/mol. The number of imide groups is 2. The molecule has 3 aliphatic heterocycles. The fourth-order valence-electron chi connectivity index (χ4n) is 6.58. The Morgan fingerprint density at radius 3 is 2.56 bits per heavy atom. The van der Waals surface area contributed by atoms with Crippen LogP contribution in [0.5, 0.6) is 0 Å². The number of carbonyl (C=O) groups is 5. The van der Waals surface area contributed by atoms with E-state index in [-0.39, 0.29) is 48.9 Å². The Bertz CT molecular complexity index is 2060. The lowest BCUT2D eigenvalue weighted by molar-refractivity contribution is -0.136. The summed E-state index contributed by atoms with van der Waals surface area (Å²) in [5.41, 5.74) is 2.75. The molecule has 7 rings (SSSR count). The maximum atomic E-state index is 15.3. The van der Waals surface area contributed by atoms with Gasteiger partial charge in [0.1, 0.15) is 22.7 Å². The SMILES string of the molecule is Cc1sc2c(c1C)[C@H](c1ccc(Cl)cc1)NC(CC(=O)NCc1cc(F)c3c(c1)C(=O)N(C1CCC(=O)NC1=O)C3=O)c1nnc(C)n1-2. The molecule has 48 heavy (non-hydrogen) atoms. The molecule has 0 saturated carbocycles. The summed E-state index contributed by atoms with van der Waals surface area (Å²) in [4.78, 5) is 65.5. The zero-order valence-corrected chi connectivity index (χ0v) is 27.6. The Morgan fingerprint density at radius 1 is 1.08 bits per heavy atom. The average molecular weight is 690 g/mol. The second-order valence-electron chi connectivity index (χ2n) is 12.1. The number of fused-ring (bicyclic) bond motifs is 4. The number of hydrogen-bond donors (Lipinski definition) is 3. The van der Waals surface area contributed by atoms with Gasteiger partial charge in [-0.1, -0.05) is 23.7 Å². The summed E-state index contributed by atoms with van der Waals surface area (Å²) in [6, 6.07) is 7.89. The van der Waals surface area contributed by atoms with Crippen molar-refractivity contribution in [2.45, 2.75) is 64.7 Å². The number of thiophene rings is 1. The van der Waals surface area contributed by atoms with Gasteiger partial charge >= 0.3 is 0 Å². The molecule has 5 heterocycles. The van der Waals surface area contributed by atoms with Crippen LogP contribution in [0, 0.1) is 26.6 Å². The zero-order chi connectivity index (χ0) is 34.0. The van der Waals surface area contributed by atoms with Crippen LogP contribution in [0.25, 0.3) is 5.00 Å². The lowest BCUT2D eigenvalue weighted by Gasteiger charge is -2.27. The van der Waals surface area contributed by atoms with Gasteiger partial charge in [0.2, 0.25) is 17.7 Å². The molecule has 0 bridgehead atoms. The predicted molar refractivity (Wildman–Crippen MR) is 172 cm³/mol. The molecule has 0 radical (unpaired) electrons. The van der Waals surface area contributed by atoms with Gasteiger partial charge in [-0.3, -0.25) is 44.1 Å². The van der Waals surface area contributed by atoms with Crippen molar-refractivity contribution in [2.24, 2.45) is 0 Å². The Balaban J connectivity index is 1.12. The fourth-order valence-corrected chi connectivity index (χ4v) is 7.96. The van der Waals surface area contributed by atoms with Crippen LogP contribution < -0.4 is 16.0 Å². The first-order chi connectivity index (χ1) is 22.9. The number of amides is 5.